The summed E-state index contributed by atoms with van der Waals surface area (Å²) in [7, 11) is 0. The van der Waals surface area contributed by atoms with Crippen molar-refractivity contribution in [3.05, 3.63) is 66.9 Å². The van der Waals surface area contributed by atoms with Crippen LogP contribution in [0.4, 0.5) is 5.95 Å². The SMILES string of the molecule is O=C(Nc1nc2ccccc2[nH]1)c1ccc(-n2ccnc2)nc1. The van der Waals surface area contributed by atoms with E-state index in [0.717, 1.165) is 11.0 Å². The minimum absolute atomic E-state index is 0.270. The van der Waals surface area contributed by atoms with E-state index >= 15 is 0 Å². The molecule has 3 aromatic heterocycles. The Morgan fingerprint density at radius 2 is 2.09 bits per heavy atom. The highest BCUT2D eigenvalue weighted by atomic mass is 16.1. The van der Waals surface area contributed by atoms with Crippen molar-refractivity contribution in [2.45, 2.75) is 0 Å². The second-order valence-corrected chi connectivity index (χ2v) is 4.93. The van der Waals surface area contributed by atoms with Crippen molar-refractivity contribution in [1.82, 2.24) is 24.5 Å². The fraction of sp³-hybridized carbons (Fsp3) is 0. The molecule has 2 N–H and O–H groups in total. The van der Waals surface area contributed by atoms with E-state index in [1.54, 1.807) is 35.4 Å². The van der Waals surface area contributed by atoms with E-state index in [0.29, 0.717) is 17.3 Å². The minimum Gasteiger partial charge on any atom is -0.324 e. The van der Waals surface area contributed by atoms with E-state index in [1.165, 1.54) is 6.20 Å². The summed E-state index contributed by atoms with van der Waals surface area (Å²) < 4.78 is 1.76. The zero-order valence-electron chi connectivity index (χ0n) is 12.0. The average molecular weight is 304 g/mol. The number of aromatic nitrogens is 5. The number of carbonyl (C=O) groups is 1. The highest BCUT2D eigenvalue weighted by Crippen LogP contribution is 2.14. The van der Waals surface area contributed by atoms with Crippen LogP contribution in [-0.4, -0.2) is 30.4 Å². The monoisotopic (exact) mass is 304 g/mol. The molecule has 0 saturated heterocycles. The number of fused-ring (bicyclic) bond motifs is 1. The van der Waals surface area contributed by atoms with Gasteiger partial charge in [-0.1, -0.05) is 12.1 Å². The minimum atomic E-state index is -0.270. The van der Waals surface area contributed by atoms with Crippen LogP contribution in [0.15, 0.2) is 61.3 Å². The van der Waals surface area contributed by atoms with Gasteiger partial charge in [-0.2, -0.15) is 0 Å². The molecular weight excluding hydrogens is 292 g/mol. The van der Waals surface area contributed by atoms with Crippen LogP contribution in [-0.2, 0) is 0 Å². The molecule has 0 spiro atoms. The number of imidazole rings is 2. The van der Waals surface area contributed by atoms with Crippen LogP contribution < -0.4 is 5.32 Å². The molecule has 0 radical (unpaired) electrons. The first-order valence-electron chi connectivity index (χ1n) is 7.00. The molecule has 7 heteroatoms. The first kappa shape index (κ1) is 13.2. The van der Waals surface area contributed by atoms with Crippen LogP contribution in [0.2, 0.25) is 0 Å². The lowest BCUT2D eigenvalue weighted by Gasteiger charge is -2.04. The maximum atomic E-state index is 12.3. The number of amides is 1. The summed E-state index contributed by atoms with van der Waals surface area (Å²) in [5.41, 5.74) is 2.13. The molecule has 0 saturated carbocycles. The van der Waals surface area contributed by atoms with Gasteiger partial charge in [-0.25, -0.2) is 15.0 Å². The third-order valence-electron chi connectivity index (χ3n) is 3.40. The van der Waals surface area contributed by atoms with Crippen molar-refractivity contribution in [2.75, 3.05) is 5.32 Å². The van der Waals surface area contributed by atoms with E-state index in [4.69, 9.17) is 0 Å². The molecule has 0 aliphatic rings. The number of hydrogen-bond acceptors (Lipinski definition) is 4. The summed E-state index contributed by atoms with van der Waals surface area (Å²) in [6.07, 6.45) is 6.63. The molecule has 7 nitrogen and oxygen atoms in total. The zero-order chi connectivity index (χ0) is 15.6. The number of anilines is 1. The van der Waals surface area contributed by atoms with Gasteiger partial charge in [0.05, 0.1) is 16.6 Å². The number of carbonyl (C=O) groups excluding carboxylic acids is 1. The molecule has 0 aliphatic carbocycles. The van der Waals surface area contributed by atoms with E-state index < -0.39 is 0 Å². The fourth-order valence-electron chi connectivity index (χ4n) is 2.26. The summed E-state index contributed by atoms with van der Waals surface area (Å²) in [4.78, 5) is 27.9. The molecule has 0 atom stereocenters. The molecule has 0 aliphatic heterocycles. The number of H-pyrrole nitrogens is 1. The van der Waals surface area contributed by atoms with Gasteiger partial charge in [0.2, 0.25) is 5.95 Å². The summed E-state index contributed by atoms with van der Waals surface area (Å²) in [6, 6.07) is 11.1. The number of para-hydroxylation sites is 2. The zero-order valence-corrected chi connectivity index (χ0v) is 12.0. The quantitative estimate of drug-likeness (QED) is 0.608. The largest absolute Gasteiger partial charge is 0.324 e. The fourth-order valence-corrected chi connectivity index (χ4v) is 2.26. The first-order valence-corrected chi connectivity index (χ1v) is 7.00. The van der Waals surface area contributed by atoms with E-state index in [9.17, 15) is 4.79 Å². The lowest BCUT2D eigenvalue weighted by Crippen LogP contribution is -2.13. The maximum absolute atomic E-state index is 12.3. The molecule has 23 heavy (non-hydrogen) atoms. The van der Waals surface area contributed by atoms with Gasteiger partial charge in [0.15, 0.2) is 0 Å². The van der Waals surface area contributed by atoms with Gasteiger partial charge in [0, 0.05) is 18.6 Å². The Balaban J connectivity index is 1.54. The number of aromatic amines is 1. The van der Waals surface area contributed by atoms with E-state index in [-0.39, 0.29) is 5.91 Å². The molecule has 0 unspecified atom stereocenters. The molecule has 112 valence electrons. The van der Waals surface area contributed by atoms with Crippen LogP contribution in [0.25, 0.3) is 16.9 Å². The number of nitrogens with zero attached hydrogens (tertiary/aromatic N) is 4. The molecule has 4 aromatic rings. The summed E-state index contributed by atoms with van der Waals surface area (Å²) in [5.74, 6) is 0.839. The number of benzene rings is 1. The molecular formula is C16H12N6O. The Hall–Kier alpha value is -3.48. The van der Waals surface area contributed by atoms with Crippen molar-refractivity contribution in [3.8, 4) is 5.82 Å². The van der Waals surface area contributed by atoms with Gasteiger partial charge < -0.3 is 4.98 Å². The third kappa shape index (κ3) is 2.55. The summed E-state index contributed by atoms with van der Waals surface area (Å²) in [5, 5.41) is 2.74. The Labute approximate surface area is 131 Å². The van der Waals surface area contributed by atoms with Gasteiger partial charge in [-0.3, -0.25) is 14.7 Å². The first-order chi connectivity index (χ1) is 11.3. The number of nitrogens with one attached hydrogen (secondary N) is 2. The van der Waals surface area contributed by atoms with Gasteiger partial charge >= 0.3 is 0 Å². The van der Waals surface area contributed by atoms with Crippen LogP contribution in [0.5, 0.6) is 0 Å². The molecule has 0 fully saturated rings. The molecule has 3 heterocycles. The summed E-state index contributed by atoms with van der Waals surface area (Å²) >= 11 is 0. The number of hydrogen-bond donors (Lipinski definition) is 2. The molecule has 1 aromatic carbocycles. The number of pyridine rings is 1. The molecule has 1 amide bonds. The highest BCUT2D eigenvalue weighted by Gasteiger charge is 2.10. The Bertz CT molecular complexity index is 923. The molecule has 0 bridgehead atoms. The van der Waals surface area contributed by atoms with Crippen molar-refractivity contribution >= 4 is 22.9 Å². The lowest BCUT2D eigenvalue weighted by molar-refractivity contribution is 0.102. The highest BCUT2D eigenvalue weighted by molar-refractivity contribution is 6.03. The normalized spacial score (nSPS) is 10.8. The lowest BCUT2D eigenvalue weighted by atomic mass is 10.2. The molecule has 4 rings (SSSR count). The van der Waals surface area contributed by atoms with Gasteiger partial charge in [-0.15, -0.1) is 0 Å². The topological polar surface area (TPSA) is 88.5 Å². The average Bonchev–Trinajstić information content (AvgIpc) is 3.24. The predicted octanol–water partition coefficient (Wildman–Crippen LogP) is 2.40. The third-order valence-corrected chi connectivity index (χ3v) is 3.40. The second-order valence-electron chi connectivity index (χ2n) is 4.93. The number of rotatable bonds is 3. The van der Waals surface area contributed by atoms with Crippen LogP contribution in [0.3, 0.4) is 0 Å². The second kappa shape index (κ2) is 5.38. The van der Waals surface area contributed by atoms with Crippen molar-refractivity contribution in [2.24, 2.45) is 0 Å². The Kier molecular flexibility index (Phi) is 3.09. The Morgan fingerprint density at radius 1 is 1.17 bits per heavy atom. The standard InChI is InChI=1S/C16H12N6O/c23-15(21-16-19-12-3-1-2-4-13(12)20-16)11-5-6-14(18-9-11)22-8-7-17-10-22/h1-10H,(H2,19,20,21,23). The smallest absolute Gasteiger partial charge is 0.259 e. The van der Waals surface area contributed by atoms with Crippen LogP contribution >= 0.6 is 0 Å². The van der Waals surface area contributed by atoms with Crippen molar-refractivity contribution < 1.29 is 4.79 Å². The van der Waals surface area contributed by atoms with Gasteiger partial charge in [-0.05, 0) is 24.3 Å². The summed E-state index contributed by atoms with van der Waals surface area (Å²) in [6.45, 7) is 0. The van der Waals surface area contributed by atoms with E-state index in [1.807, 2.05) is 24.3 Å². The predicted molar refractivity (Wildman–Crippen MR) is 85.4 cm³/mol. The van der Waals surface area contributed by atoms with Crippen molar-refractivity contribution in [1.29, 1.82) is 0 Å². The van der Waals surface area contributed by atoms with E-state index in [2.05, 4.69) is 25.3 Å². The van der Waals surface area contributed by atoms with Crippen LogP contribution in [0.1, 0.15) is 10.4 Å². The van der Waals surface area contributed by atoms with Gasteiger partial charge in [0.25, 0.3) is 5.91 Å². The van der Waals surface area contributed by atoms with Crippen LogP contribution in [0, 0.1) is 0 Å². The maximum Gasteiger partial charge on any atom is 0.259 e. The Morgan fingerprint density at radius 3 is 2.83 bits per heavy atom. The van der Waals surface area contributed by atoms with Crippen molar-refractivity contribution in [3.63, 3.8) is 0 Å². The van der Waals surface area contributed by atoms with Gasteiger partial charge in [0.1, 0.15) is 12.1 Å².